The van der Waals surface area contributed by atoms with E-state index in [0.29, 0.717) is 24.2 Å². The minimum Gasteiger partial charge on any atom is -0.342 e. The van der Waals surface area contributed by atoms with Gasteiger partial charge in [-0.15, -0.1) is 0 Å². The average Bonchev–Trinajstić information content (AvgIpc) is 2.80. The first kappa shape index (κ1) is 17.5. The van der Waals surface area contributed by atoms with Crippen molar-refractivity contribution in [3.05, 3.63) is 35.4 Å². The van der Waals surface area contributed by atoms with Crippen LogP contribution in [0.1, 0.15) is 31.9 Å². The molecule has 0 unspecified atom stereocenters. The lowest BCUT2D eigenvalue weighted by Crippen LogP contribution is -2.44. The maximum absolute atomic E-state index is 12.8. The van der Waals surface area contributed by atoms with Gasteiger partial charge in [-0.2, -0.15) is 5.26 Å². The molecule has 1 N–H and O–H groups in total. The number of nitriles is 1. The monoisotopic (exact) mass is 328 g/mol. The molecule has 1 aromatic rings. The van der Waals surface area contributed by atoms with Crippen molar-refractivity contribution in [1.29, 1.82) is 5.26 Å². The summed E-state index contributed by atoms with van der Waals surface area (Å²) >= 11 is 0. The van der Waals surface area contributed by atoms with Gasteiger partial charge in [0.1, 0.15) is 12.1 Å². The van der Waals surface area contributed by atoms with E-state index < -0.39 is 17.5 Å². The fraction of sp³-hybridized carbons (Fsp3) is 0.412. The molecule has 1 aliphatic rings. The topological polar surface area (TPSA) is 93.5 Å². The number of rotatable bonds is 5. The number of imide groups is 1. The number of benzene rings is 1. The third-order valence-corrected chi connectivity index (χ3v) is 4.25. The van der Waals surface area contributed by atoms with Crippen LogP contribution >= 0.6 is 0 Å². The second kappa shape index (κ2) is 6.71. The molecule has 1 fully saturated rings. The van der Waals surface area contributed by atoms with E-state index in [1.807, 2.05) is 19.9 Å². The first-order chi connectivity index (χ1) is 11.4. The Hall–Kier alpha value is -2.88. The van der Waals surface area contributed by atoms with Gasteiger partial charge in [0.2, 0.25) is 5.91 Å². The van der Waals surface area contributed by atoms with Crippen molar-refractivity contribution >= 4 is 17.8 Å². The van der Waals surface area contributed by atoms with Crippen LogP contribution in [0.15, 0.2) is 24.3 Å². The van der Waals surface area contributed by atoms with Crippen LogP contribution in [0, 0.1) is 11.3 Å². The zero-order valence-electron chi connectivity index (χ0n) is 14.0. The molecule has 1 aromatic carbocycles. The van der Waals surface area contributed by atoms with Gasteiger partial charge in [0.05, 0.1) is 11.6 Å². The van der Waals surface area contributed by atoms with Gasteiger partial charge in [-0.25, -0.2) is 4.79 Å². The van der Waals surface area contributed by atoms with E-state index >= 15 is 0 Å². The van der Waals surface area contributed by atoms with Gasteiger partial charge in [-0.1, -0.05) is 12.1 Å². The smallest absolute Gasteiger partial charge is 0.325 e. The van der Waals surface area contributed by atoms with Crippen LogP contribution in [0.3, 0.4) is 0 Å². The number of carbonyl (C=O) groups excluding carboxylic acids is 3. The van der Waals surface area contributed by atoms with Crippen molar-refractivity contribution in [2.45, 2.75) is 26.3 Å². The van der Waals surface area contributed by atoms with E-state index in [1.54, 1.807) is 36.1 Å². The van der Waals surface area contributed by atoms with Crippen molar-refractivity contribution < 1.29 is 14.4 Å². The van der Waals surface area contributed by atoms with Crippen LogP contribution in [0.2, 0.25) is 0 Å². The van der Waals surface area contributed by atoms with Gasteiger partial charge in [0.15, 0.2) is 0 Å². The Labute approximate surface area is 140 Å². The molecule has 24 heavy (non-hydrogen) atoms. The standard InChI is InChI=1S/C17H20N4O3/c1-4-20(5-2)14(22)11-21-15(23)17(3,19-16(21)24)13-8-6-7-12(9-13)10-18/h6-9H,4-5,11H2,1-3H3,(H,19,24)/t17-/m1/s1. The summed E-state index contributed by atoms with van der Waals surface area (Å²) in [5.74, 6) is -0.776. The highest BCUT2D eigenvalue weighted by atomic mass is 16.2. The maximum Gasteiger partial charge on any atom is 0.325 e. The molecule has 1 saturated heterocycles. The summed E-state index contributed by atoms with van der Waals surface area (Å²) in [5, 5.41) is 11.6. The lowest BCUT2D eigenvalue weighted by atomic mass is 9.91. The normalized spacial score (nSPS) is 19.8. The highest BCUT2D eigenvalue weighted by molar-refractivity contribution is 6.09. The van der Waals surface area contributed by atoms with E-state index in [4.69, 9.17) is 5.26 Å². The summed E-state index contributed by atoms with van der Waals surface area (Å²) < 4.78 is 0. The molecule has 0 saturated carbocycles. The predicted octanol–water partition coefficient (Wildman–Crippen LogP) is 1.19. The number of nitrogens with zero attached hydrogens (tertiary/aromatic N) is 3. The molecule has 2 rings (SSSR count). The first-order valence-corrected chi connectivity index (χ1v) is 7.79. The van der Waals surface area contributed by atoms with Crippen molar-refractivity contribution in [3.8, 4) is 6.07 Å². The molecule has 0 aromatic heterocycles. The number of hydrogen-bond donors (Lipinski definition) is 1. The Balaban J connectivity index is 2.27. The van der Waals surface area contributed by atoms with Crippen LogP contribution in [0.4, 0.5) is 4.79 Å². The second-order valence-electron chi connectivity index (χ2n) is 5.71. The second-order valence-corrected chi connectivity index (χ2v) is 5.71. The Bertz CT molecular complexity index is 721. The maximum atomic E-state index is 12.8. The predicted molar refractivity (Wildman–Crippen MR) is 86.7 cm³/mol. The van der Waals surface area contributed by atoms with Gasteiger partial charge < -0.3 is 10.2 Å². The number of nitrogens with one attached hydrogen (secondary N) is 1. The Morgan fingerprint density at radius 3 is 2.58 bits per heavy atom. The summed E-state index contributed by atoms with van der Waals surface area (Å²) in [6.07, 6.45) is 0. The summed E-state index contributed by atoms with van der Waals surface area (Å²) in [6, 6.07) is 7.92. The molecule has 7 heteroatoms. The number of urea groups is 1. The van der Waals surface area contributed by atoms with E-state index in [9.17, 15) is 14.4 Å². The molecule has 0 spiro atoms. The quantitative estimate of drug-likeness (QED) is 0.822. The number of carbonyl (C=O) groups is 3. The van der Waals surface area contributed by atoms with Crippen molar-refractivity contribution in [2.24, 2.45) is 0 Å². The van der Waals surface area contributed by atoms with Gasteiger partial charge in [-0.3, -0.25) is 14.5 Å². The van der Waals surface area contributed by atoms with E-state index in [0.717, 1.165) is 4.90 Å². The van der Waals surface area contributed by atoms with Crippen LogP contribution in [-0.4, -0.2) is 47.3 Å². The minimum absolute atomic E-state index is 0.279. The van der Waals surface area contributed by atoms with Crippen LogP contribution in [-0.2, 0) is 15.1 Å². The molecule has 126 valence electrons. The molecular weight excluding hydrogens is 308 g/mol. The Morgan fingerprint density at radius 2 is 2.00 bits per heavy atom. The molecule has 0 radical (unpaired) electrons. The highest BCUT2D eigenvalue weighted by Crippen LogP contribution is 2.29. The van der Waals surface area contributed by atoms with Crippen LogP contribution < -0.4 is 5.32 Å². The van der Waals surface area contributed by atoms with Crippen molar-refractivity contribution in [1.82, 2.24) is 15.1 Å². The van der Waals surface area contributed by atoms with E-state index in [-0.39, 0.29) is 12.5 Å². The third kappa shape index (κ3) is 2.95. The van der Waals surface area contributed by atoms with Crippen molar-refractivity contribution in [3.63, 3.8) is 0 Å². The summed E-state index contributed by atoms with van der Waals surface area (Å²) in [5.41, 5.74) is -0.376. The van der Waals surface area contributed by atoms with Gasteiger partial charge in [0, 0.05) is 13.1 Å². The SMILES string of the molecule is CCN(CC)C(=O)CN1C(=O)N[C@](C)(c2cccc(C#N)c2)C1=O. The largest absolute Gasteiger partial charge is 0.342 e. The highest BCUT2D eigenvalue weighted by Gasteiger charge is 2.49. The lowest BCUT2D eigenvalue weighted by Gasteiger charge is -2.24. The molecule has 0 aliphatic carbocycles. The summed E-state index contributed by atoms with van der Waals surface area (Å²) in [7, 11) is 0. The average molecular weight is 328 g/mol. The molecule has 4 amide bonds. The van der Waals surface area contributed by atoms with Gasteiger partial charge in [0.25, 0.3) is 5.91 Å². The molecule has 1 aliphatic heterocycles. The lowest BCUT2D eigenvalue weighted by molar-refractivity contribution is -0.138. The Kier molecular flexibility index (Phi) is 4.88. The van der Waals surface area contributed by atoms with E-state index in [1.165, 1.54) is 0 Å². The van der Waals surface area contributed by atoms with E-state index in [2.05, 4.69) is 5.32 Å². The molecule has 7 nitrogen and oxygen atoms in total. The fourth-order valence-electron chi connectivity index (χ4n) is 2.75. The molecule has 1 heterocycles. The van der Waals surface area contributed by atoms with Crippen molar-refractivity contribution in [2.75, 3.05) is 19.6 Å². The minimum atomic E-state index is -1.28. The van der Waals surface area contributed by atoms with Gasteiger partial charge >= 0.3 is 6.03 Å². The Morgan fingerprint density at radius 1 is 1.33 bits per heavy atom. The summed E-state index contributed by atoms with van der Waals surface area (Å²) in [4.78, 5) is 39.7. The number of amides is 4. The van der Waals surface area contributed by atoms with Crippen LogP contribution in [0.5, 0.6) is 0 Å². The molecular formula is C17H20N4O3. The first-order valence-electron chi connectivity index (χ1n) is 7.79. The fourth-order valence-corrected chi connectivity index (χ4v) is 2.75. The summed E-state index contributed by atoms with van der Waals surface area (Å²) in [6.45, 7) is 5.99. The molecule has 1 atom stereocenters. The van der Waals surface area contributed by atoms with Crippen LogP contribution in [0.25, 0.3) is 0 Å². The molecule has 0 bridgehead atoms. The number of likely N-dealkylation sites (N-methyl/N-ethyl adjacent to an activating group) is 1. The number of hydrogen-bond acceptors (Lipinski definition) is 4. The zero-order valence-corrected chi connectivity index (χ0v) is 14.0. The third-order valence-electron chi connectivity index (χ3n) is 4.25. The zero-order chi connectivity index (χ0) is 17.9. The van der Waals surface area contributed by atoms with Gasteiger partial charge in [-0.05, 0) is 38.5 Å².